The maximum Gasteiger partial charge on any atom is 0.209 e. The number of amides is 1. The molecule has 0 unspecified atom stereocenters. The Kier molecular flexibility index (Phi) is 5.63. The van der Waals surface area contributed by atoms with Gasteiger partial charge in [-0.3, -0.25) is 9.69 Å². The third kappa shape index (κ3) is 3.91. The van der Waals surface area contributed by atoms with Crippen molar-refractivity contribution < 1.29 is 19.4 Å². The van der Waals surface area contributed by atoms with E-state index in [1.165, 1.54) is 0 Å². The Morgan fingerprint density at radius 3 is 2.46 bits per heavy atom. The van der Waals surface area contributed by atoms with E-state index < -0.39 is 0 Å². The zero-order chi connectivity index (χ0) is 18.5. The standard InChI is InChI=1S/C20H24N2O4/c1-25-17-4-6-20(26-2)18(12-17)15-3-5-19(24)16(11-15)13-21-7-9-22(14-23)10-8-21/h3-6,11-12,14,24H,7-10,13H2,1-2H3. The van der Waals surface area contributed by atoms with E-state index in [0.29, 0.717) is 19.6 Å². The van der Waals surface area contributed by atoms with Crippen LogP contribution in [0, 0.1) is 0 Å². The molecule has 0 aliphatic carbocycles. The Morgan fingerprint density at radius 1 is 1.04 bits per heavy atom. The number of benzene rings is 2. The molecule has 1 fully saturated rings. The first kappa shape index (κ1) is 18.1. The predicted molar refractivity (Wildman–Crippen MR) is 99.6 cm³/mol. The lowest BCUT2D eigenvalue weighted by atomic mass is 10.0. The number of carbonyl (C=O) groups is 1. The number of phenols is 1. The molecule has 6 heteroatoms. The van der Waals surface area contributed by atoms with Crippen molar-refractivity contribution in [3.63, 3.8) is 0 Å². The number of nitrogens with zero attached hydrogens (tertiary/aromatic N) is 2. The summed E-state index contributed by atoms with van der Waals surface area (Å²) in [5.74, 6) is 1.77. The summed E-state index contributed by atoms with van der Waals surface area (Å²) in [5.41, 5.74) is 2.73. The van der Waals surface area contributed by atoms with E-state index in [1.54, 1.807) is 25.2 Å². The normalized spacial score (nSPS) is 14.9. The van der Waals surface area contributed by atoms with Gasteiger partial charge >= 0.3 is 0 Å². The molecule has 2 aromatic carbocycles. The molecule has 1 aliphatic heterocycles. The number of phenolic OH excluding ortho intramolecular Hbond substituents is 1. The van der Waals surface area contributed by atoms with Crippen LogP contribution >= 0.6 is 0 Å². The van der Waals surface area contributed by atoms with Crippen molar-refractivity contribution in [2.75, 3.05) is 40.4 Å². The van der Waals surface area contributed by atoms with Gasteiger partial charge in [0.1, 0.15) is 17.2 Å². The van der Waals surface area contributed by atoms with Crippen LogP contribution in [0.1, 0.15) is 5.56 Å². The first-order valence-electron chi connectivity index (χ1n) is 8.60. The van der Waals surface area contributed by atoms with E-state index in [4.69, 9.17) is 9.47 Å². The average molecular weight is 356 g/mol. The quantitative estimate of drug-likeness (QED) is 0.805. The van der Waals surface area contributed by atoms with Gasteiger partial charge in [-0.2, -0.15) is 0 Å². The van der Waals surface area contributed by atoms with Crippen LogP contribution < -0.4 is 9.47 Å². The maximum atomic E-state index is 10.8. The molecule has 138 valence electrons. The lowest BCUT2D eigenvalue weighted by molar-refractivity contribution is -0.119. The van der Waals surface area contributed by atoms with Gasteiger partial charge in [-0.15, -0.1) is 0 Å². The zero-order valence-corrected chi connectivity index (χ0v) is 15.1. The monoisotopic (exact) mass is 356 g/mol. The van der Waals surface area contributed by atoms with Crippen molar-refractivity contribution in [3.05, 3.63) is 42.0 Å². The van der Waals surface area contributed by atoms with Crippen molar-refractivity contribution in [3.8, 4) is 28.4 Å². The Balaban J connectivity index is 1.85. The molecule has 0 radical (unpaired) electrons. The van der Waals surface area contributed by atoms with Gasteiger partial charge in [-0.25, -0.2) is 0 Å². The van der Waals surface area contributed by atoms with Gasteiger partial charge in [0.2, 0.25) is 6.41 Å². The maximum absolute atomic E-state index is 10.8. The van der Waals surface area contributed by atoms with Crippen molar-refractivity contribution in [2.45, 2.75) is 6.54 Å². The van der Waals surface area contributed by atoms with Crippen molar-refractivity contribution in [1.29, 1.82) is 0 Å². The molecule has 1 N–H and O–H groups in total. The fourth-order valence-electron chi connectivity index (χ4n) is 3.19. The second-order valence-electron chi connectivity index (χ2n) is 6.33. The molecule has 0 aromatic heterocycles. The van der Waals surface area contributed by atoms with Gasteiger partial charge < -0.3 is 19.5 Å². The molecule has 0 saturated carbocycles. The van der Waals surface area contributed by atoms with Gasteiger partial charge in [0.25, 0.3) is 0 Å². The summed E-state index contributed by atoms with van der Waals surface area (Å²) < 4.78 is 10.8. The average Bonchev–Trinajstić information content (AvgIpc) is 2.69. The van der Waals surface area contributed by atoms with Crippen LogP contribution in [0.25, 0.3) is 11.1 Å². The molecule has 0 atom stereocenters. The minimum atomic E-state index is 0.272. The summed E-state index contributed by atoms with van der Waals surface area (Å²) in [6.45, 7) is 3.66. The molecule has 6 nitrogen and oxygen atoms in total. The molecule has 2 aromatic rings. The summed E-state index contributed by atoms with van der Waals surface area (Å²) >= 11 is 0. The number of methoxy groups -OCH3 is 2. The highest BCUT2D eigenvalue weighted by Crippen LogP contribution is 2.35. The predicted octanol–water partition coefficient (Wildman–Crippen LogP) is 2.35. The molecular formula is C20H24N2O4. The summed E-state index contributed by atoms with van der Waals surface area (Å²) in [6.07, 6.45) is 0.893. The van der Waals surface area contributed by atoms with Gasteiger partial charge in [-0.1, -0.05) is 6.07 Å². The summed E-state index contributed by atoms with van der Waals surface area (Å²) in [6, 6.07) is 11.2. The molecule has 1 saturated heterocycles. The fraction of sp³-hybridized carbons (Fsp3) is 0.350. The Bertz CT molecular complexity index is 770. The van der Waals surface area contributed by atoms with E-state index >= 15 is 0 Å². The number of hydrogen-bond donors (Lipinski definition) is 1. The molecule has 1 aliphatic rings. The van der Waals surface area contributed by atoms with E-state index in [9.17, 15) is 9.90 Å². The summed E-state index contributed by atoms with van der Waals surface area (Å²) in [4.78, 5) is 14.8. The second-order valence-corrected chi connectivity index (χ2v) is 6.33. The Morgan fingerprint density at radius 2 is 1.81 bits per heavy atom. The molecule has 3 rings (SSSR count). The SMILES string of the molecule is COc1ccc(OC)c(-c2ccc(O)c(CN3CCN(C=O)CC3)c2)c1. The van der Waals surface area contributed by atoms with Crippen LogP contribution in [-0.4, -0.2) is 61.7 Å². The van der Waals surface area contributed by atoms with Crippen molar-refractivity contribution >= 4 is 6.41 Å². The third-order valence-corrected chi connectivity index (χ3v) is 4.75. The summed E-state index contributed by atoms with van der Waals surface area (Å²) in [5, 5.41) is 10.3. The van der Waals surface area contributed by atoms with Crippen LogP contribution in [0.3, 0.4) is 0 Å². The number of carbonyl (C=O) groups excluding carboxylic acids is 1. The first-order chi connectivity index (χ1) is 12.6. The Hall–Kier alpha value is -2.73. The lowest BCUT2D eigenvalue weighted by Gasteiger charge is -2.32. The highest BCUT2D eigenvalue weighted by Gasteiger charge is 2.17. The van der Waals surface area contributed by atoms with Crippen molar-refractivity contribution in [2.24, 2.45) is 0 Å². The van der Waals surface area contributed by atoms with Gasteiger partial charge in [0, 0.05) is 43.9 Å². The second kappa shape index (κ2) is 8.10. The number of hydrogen-bond acceptors (Lipinski definition) is 5. The third-order valence-electron chi connectivity index (χ3n) is 4.75. The van der Waals surface area contributed by atoms with E-state index in [-0.39, 0.29) is 5.75 Å². The van der Waals surface area contributed by atoms with E-state index in [2.05, 4.69) is 4.90 Å². The van der Waals surface area contributed by atoms with Gasteiger partial charge in [-0.05, 0) is 35.9 Å². The van der Waals surface area contributed by atoms with Gasteiger partial charge in [0.05, 0.1) is 14.2 Å². The zero-order valence-electron chi connectivity index (χ0n) is 15.1. The minimum absolute atomic E-state index is 0.272. The number of aromatic hydroxyl groups is 1. The Labute approximate surface area is 153 Å². The largest absolute Gasteiger partial charge is 0.508 e. The van der Waals surface area contributed by atoms with Crippen LogP contribution in [0.15, 0.2) is 36.4 Å². The molecule has 1 heterocycles. The van der Waals surface area contributed by atoms with Crippen LogP contribution in [0.4, 0.5) is 0 Å². The van der Waals surface area contributed by atoms with E-state index in [0.717, 1.165) is 47.7 Å². The smallest absolute Gasteiger partial charge is 0.209 e. The van der Waals surface area contributed by atoms with Gasteiger partial charge in [0.15, 0.2) is 0 Å². The van der Waals surface area contributed by atoms with Crippen molar-refractivity contribution in [1.82, 2.24) is 9.80 Å². The highest BCUT2D eigenvalue weighted by molar-refractivity contribution is 5.73. The van der Waals surface area contributed by atoms with E-state index in [1.807, 2.05) is 30.3 Å². The molecule has 26 heavy (non-hydrogen) atoms. The number of rotatable bonds is 6. The summed E-state index contributed by atoms with van der Waals surface area (Å²) in [7, 11) is 3.27. The topological polar surface area (TPSA) is 62.2 Å². The van der Waals surface area contributed by atoms with Crippen LogP contribution in [0.2, 0.25) is 0 Å². The minimum Gasteiger partial charge on any atom is -0.508 e. The number of piperazine rings is 1. The first-order valence-corrected chi connectivity index (χ1v) is 8.60. The molecule has 0 spiro atoms. The molecule has 1 amide bonds. The molecular weight excluding hydrogens is 332 g/mol. The number of ether oxygens (including phenoxy) is 2. The van der Waals surface area contributed by atoms with Crippen LogP contribution in [-0.2, 0) is 11.3 Å². The fourth-order valence-corrected chi connectivity index (χ4v) is 3.19. The highest BCUT2D eigenvalue weighted by atomic mass is 16.5. The van der Waals surface area contributed by atoms with Crippen LogP contribution in [0.5, 0.6) is 17.2 Å². The molecule has 0 bridgehead atoms. The lowest BCUT2D eigenvalue weighted by Crippen LogP contribution is -2.45.